The number of hydrogen-bond acceptors (Lipinski definition) is 4. The van der Waals surface area contributed by atoms with Gasteiger partial charge in [-0.15, -0.1) is 0 Å². The van der Waals surface area contributed by atoms with E-state index in [0.29, 0.717) is 39.3 Å². The third kappa shape index (κ3) is 6.62. The minimum Gasteiger partial charge on any atom is -0.331 e. The third-order valence-corrected chi connectivity index (χ3v) is 5.32. The summed E-state index contributed by atoms with van der Waals surface area (Å²) in [5.41, 5.74) is 4.21. The van der Waals surface area contributed by atoms with Gasteiger partial charge >= 0.3 is 0 Å². The van der Waals surface area contributed by atoms with Crippen LogP contribution < -0.4 is 16.0 Å². The molecule has 0 aliphatic rings. The highest BCUT2D eigenvalue weighted by Gasteiger charge is 2.10. The van der Waals surface area contributed by atoms with E-state index >= 15 is 0 Å². The molecule has 0 unspecified atom stereocenters. The summed E-state index contributed by atoms with van der Waals surface area (Å²) in [5, 5.41) is 10.8. The molecule has 0 saturated carbocycles. The molecule has 0 amide bonds. The largest absolute Gasteiger partial charge is 0.331 e. The second kappa shape index (κ2) is 10.5. The van der Waals surface area contributed by atoms with Crippen LogP contribution in [0.1, 0.15) is 22.5 Å². The maximum absolute atomic E-state index is 6.37. The SMILES string of the molecule is Cc1cc(C)nc(NC(=NCc2ccccc2Cl)NC(=S)Nc2cccc(C)c2Cl)n1. The molecule has 0 fully saturated rings. The summed E-state index contributed by atoms with van der Waals surface area (Å²) in [5.74, 6) is 0.797. The Labute approximate surface area is 197 Å². The number of aliphatic imine (C=N–C) groups is 1. The van der Waals surface area contributed by atoms with Crippen LogP contribution in [0.2, 0.25) is 10.0 Å². The number of nitrogens with zero attached hydrogens (tertiary/aromatic N) is 3. The third-order valence-electron chi connectivity index (χ3n) is 4.25. The smallest absolute Gasteiger partial charge is 0.229 e. The lowest BCUT2D eigenvalue weighted by Crippen LogP contribution is -2.39. The number of anilines is 2. The van der Waals surface area contributed by atoms with Crippen molar-refractivity contribution in [1.29, 1.82) is 0 Å². The molecule has 0 bridgehead atoms. The van der Waals surface area contributed by atoms with Gasteiger partial charge in [-0.1, -0.05) is 53.5 Å². The van der Waals surface area contributed by atoms with E-state index in [0.717, 1.165) is 22.5 Å². The standard InChI is InChI=1S/C22H22Cl2N6S/c1-13-7-6-10-18(19(13)24)28-22(31)30-20(25-12-16-8-4-5-9-17(16)23)29-21-26-14(2)11-15(3)27-21/h4-11H,12H2,1-3H3,(H3,25,26,27,28,29,30,31). The van der Waals surface area contributed by atoms with Crippen LogP contribution in [0.4, 0.5) is 11.6 Å². The average Bonchev–Trinajstić information content (AvgIpc) is 2.70. The fourth-order valence-corrected chi connectivity index (χ4v) is 3.37. The monoisotopic (exact) mass is 472 g/mol. The Hall–Kier alpha value is -2.74. The number of benzene rings is 2. The predicted octanol–water partition coefficient (Wildman–Crippen LogP) is 5.66. The van der Waals surface area contributed by atoms with E-state index in [-0.39, 0.29) is 0 Å². The Balaban J connectivity index is 1.82. The summed E-state index contributed by atoms with van der Waals surface area (Å²) >= 11 is 18.1. The van der Waals surface area contributed by atoms with Crippen molar-refractivity contribution < 1.29 is 0 Å². The number of aromatic nitrogens is 2. The van der Waals surface area contributed by atoms with E-state index < -0.39 is 0 Å². The molecular weight excluding hydrogens is 451 g/mol. The van der Waals surface area contributed by atoms with Crippen molar-refractivity contribution in [1.82, 2.24) is 15.3 Å². The molecule has 3 aromatic rings. The minimum absolute atomic E-state index is 0.322. The van der Waals surface area contributed by atoms with Gasteiger partial charge in [-0.3, -0.25) is 5.32 Å². The van der Waals surface area contributed by atoms with Crippen LogP contribution in [-0.2, 0) is 6.54 Å². The van der Waals surface area contributed by atoms with Gasteiger partial charge < -0.3 is 10.6 Å². The van der Waals surface area contributed by atoms with E-state index in [4.69, 9.17) is 35.4 Å². The number of thiocarbonyl (C=S) groups is 1. The molecule has 3 rings (SSSR count). The lowest BCUT2D eigenvalue weighted by molar-refractivity contribution is 1.03. The molecule has 0 saturated heterocycles. The maximum Gasteiger partial charge on any atom is 0.229 e. The Bertz CT molecular complexity index is 1110. The van der Waals surface area contributed by atoms with Crippen molar-refractivity contribution in [2.75, 3.05) is 10.6 Å². The summed E-state index contributed by atoms with van der Waals surface area (Å²) in [7, 11) is 0. The molecule has 0 radical (unpaired) electrons. The molecule has 2 aromatic carbocycles. The summed E-state index contributed by atoms with van der Waals surface area (Å²) in [4.78, 5) is 13.4. The zero-order valence-corrected chi connectivity index (χ0v) is 19.7. The molecule has 9 heteroatoms. The van der Waals surface area contributed by atoms with Crippen LogP contribution in [0.15, 0.2) is 53.5 Å². The predicted molar refractivity (Wildman–Crippen MR) is 133 cm³/mol. The molecule has 0 atom stereocenters. The molecule has 160 valence electrons. The molecule has 0 aliphatic heterocycles. The Morgan fingerprint density at radius 3 is 2.39 bits per heavy atom. The van der Waals surface area contributed by atoms with Crippen molar-refractivity contribution in [3.63, 3.8) is 0 Å². The summed E-state index contributed by atoms with van der Waals surface area (Å²) in [6.45, 7) is 6.08. The van der Waals surface area contributed by atoms with Crippen LogP contribution >= 0.6 is 35.4 Å². The summed E-state index contributed by atoms with van der Waals surface area (Å²) in [6.07, 6.45) is 0. The van der Waals surface area contributed by atoms with Crippen molar-refractivity contribution in [2.45, 2.75) is 27.3 Å². The number of aryl methyl sites for hydroxylation is 3. The topological polar surface area (TPSA) is 74.2 Å². The van der Waals surface area contributed by atoms with Crippen LogP contribution in [0.3, 0.4) is 0 Å². The van der Waals surface area contributed by atoms with Crippen LogP contribution in [0.25, 0.3) is 0 Å². The highest BCUT2D eigenvalue weighted by Crippen LogP contribution is 2.25. The van der Waals surface area contributed by atoms with Gasteiger partial charge in [0.2, 0.25) is 11.9 Å². The summed E-state index contributed by atoms with van der Waals surface area (Å²) < 4.78 is 0. The van der Waals surface area contributed by atoms with Crippen molar-refractivity contribution >= 4 is 58.1 Å². The van der Waals surface area contributed by atoms with Gasteiger partial charge in [0, 0.05) is 16.4 Å². The fraction of sp³-hybridized carbons (Fsp3) is 0.182. The highest BCUT2D eigenvalue weighted by atomic mass is 35.5. The summed E-state index contributed by atoms with van der Waals surface area (Å²) in [6, 6.07) is 15.1. The zero-order valence-electron chi connectivity index (χ0n) is 17.3. The number of guanidine groups is 1. The first-order valence-electron chi connectivity index (χ1n) is 9.52. The normalized spacial score (nSPS) is 11.2. The van der Waals surface area contributed by atoms with Crippen LogP contribution in [0, 0.1) is 20.8 Å². The lowest BCUT2D eigenvalue weighted by atomic mass is 10.2. The van der Waals surface area contributed by atoms with Gasteiger partial charge in [-0.25, -0.2) is 15.0 Å². The second-order valence-electron chi connectivity index (χ2n) is 6.87. The van der Waals surface area contributed by atoms with E-state index in [9.17, 15) is 0 Å². The van der Waals surface area contributed by atoms with Gasteiger partial charge in [-0.05, 0) is 62.3 Å². The molecule has 31 heavy (non-hydrogen) atoms. The Kier molecular flexibility index (Phi) is 7.79. The van der Waals surface area contributed by atoms with Crippen molar-refractivity contribution in [3.8, 4) is 0 Å². The van der Waals surface area contributed by atoms with Crippen LogP contribution in [-0.4, -0.2) is 21.0 Å². The number of rotatable bonds is 4. The van der Waals surface area contributed by atoms with E-state index in [1.54, 1.807) is 0 Å². The first-order valence-corrected chi connectivity index (χ1v) is 10.7. The molecule has 1 heterocycles. The van der Waals surface area contributed by atoms with Crippen LogP contribution in [0.5, 0.6) is 0 Å². The second-order valence-corrected chi connectivity index (χ2v) is 8.06. The first-order chi connectivity index (χ1) is 14.8. The zero-order chi connectivity index (χ0) is 22.4. The van der Waals surface area contributed by atoms with Gasteiger partial charge in [0.25, 0.3) is 0 Å². The minimum atomic E-state index is 0.322. The quantitative estimate of drug-likeness (QED) is 0.258. The van der Waals surface area contributed by atoms with E-state index in [2.05, 4.69) is 30.9 Å². The first kappa shape index (κ1) is 22.9. The number of hydrogen-bond donors (Lipinski definition) is 3. The molecule has 6 nitrogen and oxygen atoms in total. The number of halogens is 2. The van der Waals surface area contributed by atoms with Crippen molar-refractivity contribution in [2.24, 2.45) is 4.99 Å². The van der Waals surface area contributed by atoms with Gasteiger partial charge in [0.15, 0.2) is 5.11 Å². The van der Waals surface area contributed by atoms with Gasteiger partial charge in [-0.2, -0.15) is 0 Å². The number of nitrogens with one attached hydrogen (secondary N) is 3. The molecule has 0 aliphatic carbocycles. The molecular formula is C22H22Cl2N6S. The maximum atomic E-state index is 6.37. The Morgan fingerprint density at radius 1 is 0.968 bits per heavy atom. The lowest BCUT2D eigenvalue weighted by Gasteiger charge is -2.15. The van der Waals surface area contributed by atoms with Gasteiger partial charge in [0.1, 0.15) is 0 Å². The van der Waals surface area contributed by atoms with E-state index in [1.165, 1.54) is 0 Å². The molecule has 3 N–H and O–H groups in total. The average molecular weight is 473 g/mol. The fourth-order valence-electron chi connectivity index (χ4n) is 2.79. The van der Waals surface area contributed by atoms with Gasteiger partial charge in [0.05, 0.1) is 17.3 Å². The van der Waals surface area contributed by atoms with E-state index in [1.807, 2.05) is 69.3 Å². The molecule has 0 spiro atoms. The Morgan fingerprint density at radius 2 is 1.68 bits per heavy atom. The highest BCUT2D eigenvalue weighted by molar-refractivity contribution is 7.80. The molecule has 1 aromatic heterocycles. The van der Waals surface area contributed by atoms with Crippen molar-refractivity contribution in [3.05, 3.63) is 81.1 Å².